The first-order valence-electron chi connectivity index (χ1n) is 9.98. The van der Waals surface area contributed by atoms with Gasteiger partial charge in [-0.25, -0.2) is 19.6 Å². The molecule has 162 valence electrons. The van der Waals surface area contributed by atoms with Gasteiger partial charge in [0.15, 0.2) is 11.6 Å². The number of hydrogen-bond donors (Lipinski definition) is 1. The predicted octanol–water partition coefficient (Wildman–Crippen LogP) is 2.57. The second-order valence-electron chi connectivity index (χ2n) is 8.10. The van der Waals surface area contributed by atoms with Crippen LogP contribution < -0.4 is 10.2 Å². The molecule has 3 aromatic rings. The first-order valence-corrected chi connectivity index (χ1v) is 9.98. The van der Waals surface area contributed by atoms with E-state index in [0.717, 1.165) is 18.7 Å². The van der Waals surface area contributed by atoms with Crippen LogP contribution in [0.25, 0.3) is 16.7 Å². The van der Waals surface area contributed by atoms with Crippen LogP contribution in [0.4, 0.5) is 20.4 Å². The number of carbonyl (C=O) groups excluding carboxylic acids is 1. The molecule has 2 atom stereocenters. The van der Waals surface area contributed by atoms with Gasteiger partial charge in [-0.2, -0.15) is 8.78 Å². The van der Waals surface area contributed by atoms with Crippen LogP contribution in [-0.2, 0) is 15.5 Å². The van der Waals surface area contributed by atoms with Gasteiger partial charge in [0.25, 0.3) is 0 Å². The molecule has 3 fully saturated rings. The Bertz CT molecular complexity index is 1170. The Morgan fingerprint density at radius 3 is 2.61 bits per heavy atom. The number of morpholine rings is 1. The molecule has 1 N–H and O–H groups in total. The van der Waals surface area contributed by atoms with E-state index < -0.39 is 11.7 Å². The van der Waals surface area contributed by atoms with E-state index >= 15 is 0 Å². The average Bonchev–Trinajstić information content (AvgIpc) is 3.05. The number of alkyl halides is 2. The SMILES string of the molecule is CC(=O)Nc1cc2c(cn1)c(N1CC3CC(C1)O3)nn2-c1cc(C)nc(C(C)(F)F)n1. The molecule has 6 rings (SSSR count). The van der Waals surface area contributed by atoms with Gasteiger partial charge in [-0.05, 0) is 6.92 Å². The van der Waals surface area contributed by atoms with E-state index in [0.29, 0.717) is 35.9 Å². The van der Waals surface area contributed by atoms with Crippen molar-refractivity contribution in [2.75, 3.05) is 23.3 Å². The maximum Gasteiger partial charge on any atom is 0.303 e. The maximum absolute atomic E-state index is 14.0. The molecular weight excluding hydrogens is 408 g/mol. The van der Waals surface area contributed by atoms with E-state index in [1.165, 1.54) is 11.6 Å². The number of ether oxygens (including phenoxy) is 1. The highest BCUT2D eigenvalue weighted by atomic mass is 19.3. The third-order valence-corrected chi connectivity index (χ3v) is 5.36. The number of nitrogens with one attached hydrogen (secondary N) is 1. The summed E-state index contributed by atoms with van der Waals surface area (Å²) in [5.74, 6) is -2.80. The number of carbonyl (C=O) groups is 1. The lowest BCUT2D eigenvalue weighted by atomic mass is 9.99. The van der Waals surface area contributed by atoms with Gasteiger partial charge in [0.2, 0.25) is 11.7 Å². The molecule has 3 aliphatic rings. The quantitative estimate of drug-likeness (QED) is 0.681. The van der Waals surface area contributed by atoms with Crippen molar-refractivity contribution >= 4 is 28.4 Å². The number of rotatable bonds is 4. The van der Waals surface area contributed by atoms with Crippen LogP contribution in [0.5, 0.6) is 0 Å². The second kappa shape index (κ2) is 6.91. The van der Waals surface area contributed by atoms with Gasteiger partial charge in [0, 0.05) is 57.4 Å². The van der Waals surface area contributed by atoms with E-state index in [-0.39, 0.29) is 23.9 Å². The molecule has 31 heavy (non-hydrogen) atoms. The van der Waals surface area contributed by atoms with Gasteiger partial charge >= 0.3 is 5.92 Å². The minimum Gasteiger partial charge on any atom is -0.371 e. The normalized spacial score (nSPS) is 20.6. The minimum atomic E-state index is -3.19. The zero-order valence-electron chi connectivity index (χ0n) is 17.3. The van der Waals surface area contributed by atoms with Gasteiger partial charge in [-0.1, -0.05) is 0 Å². The summed E-state index contributed by atoms with van der Waals surface area (Å²) in [7, 11) is 0. The zero-order valence-corrected chi connectivity index (χ0v) is 17.3. The molecule has 0 spiro atoms. The molecule has 1 amide bonds. The Morgan fingerprint density at radius 1 is 1.26 bits per heavy atom. The molecule has 2 bridgehead atoms. The van der Waals surface area contributed by atoms with Gasteiger partial charge < -0.3 is 15.0 Å². The van der Waals surface area contributed by atoms with Crippen molar-refractivity contribution in [3.63, 3.8) is 0 Å². The Hall–Kier alpha value is -3.21. The van der Waals surface area contributed by atoms with Crippen molar-refractivity contribution < 1.29 is 18.3 Å². The molecule has 0 radical (unpaired) electrons. The third kappa shape index (κ3) is 3.58. The summed E-state index contributed by atoms with van der Waals surface area (Å²) in [5, 5.41) is 8.10. The first-order chi connectivity index (χ1) is 14.7. The monoisotopic (exact) mass is 429 g/mol. The highest BCUT2D eigenvalue weighted by Gasteiger charge is 2.40. The fraction of sp³-hybridized carbons (Fsp3) is 0.450. The van der Waals surface area contributed by atoms with Crippen LogP contribution in [0.1, 0.15) is 31.8 Å². The van der Waals surface area contributed by atoms with Crippen LogP contribution in [0.15, 0.2) is 18.3 Å². The fourth-order valence-corrected chi connectivity index (χ4v) is 4.04. The number of piperidine rings is 1. The van der Waals surface area contributed by atoms with E-state index in [1.54, 1.807) is 25.3 Å². The summed E-state index contributed by atoms with van der Waals surface area (Å²) in [6.45, 7) is 5.16. The lowest BCUT2D eigenvalue weighted by Crippen LogP contribution is -2.57. The Balaban J connectivity index is 1.67. The summed E-state index contributed by atoms with van der Waals surface area (Å²) in [5.41, 5.74) is 0.993. The molecule has 0 aliphatic carbocycles. The van der Waals surface area contributed by atoms with E-state index in [1.807, 2.05) is 0 Å². The van der Waals surface area contributed by atoms with E-state index in [9.17, 15) is 13.6 Å². The summed E-state index contributed by atoms with van der Waals surface area (Å²) < 4.78 is 35.1. The average molecular weight is 429 g/mol. The van der Waals surface area contributed by atoms with Gasteiger partial charge in [0.05, 0.1) is 23.1 Å². The highest BCUT2D eigenvalue weighted by Crippen LogP contribution is 2.35. The van der Waals surface area contributed by atoms with Crippen LogP contribution in [0.2, 0.25) is 0 Å². The lowest BCUT2D eigenvalue weighted by Gasteiger charge is -2.47. The zero-order chi connectivity index (χ0) is 21.9. The number of halogens is 2. The van der Waals surface area contributed by atoms with Crippen LogP contribution in [0, 0.1) is 6.92 Å². The standard InChI is InChI=1S/C20H21F2N7O2/c1-10-4-17(26-19(24-10)20(3,21)22)29-15-6-16(25-11(2)30)23-7-14(15)18(27-29)28-8-12-5-13(9-28)31-12/h4,6-7,12-13H,5,8-9H2,1-3H3,(H,23,25,30). The van der Waals surface area contributed by atoms with Crippen LogP contribution >= 0.6 is 0 Å². The lowest BCUT2D eigenvalue weighted by molar-refractivity contribution is -0.133. The van der Waals surface area contributed by atoms with Gasteiger partial charge in [0.1, 0.15) is 5.82 Å². The highest BCUT2D eigenvalue weighted by molar-refractivity contribution is 5.95. The molecule has 11 heteroatoms. The van der Waals surface area contributed by atoms with Crippen molar-refractivity contribution in [2.45, 2.75) is 45.3 Å². The number of nitrogens with zero attached hydrogens (tertiary/aromatic N) is 6. The predicted molar refractivity (Wildman–Crippen MR) is 109 cm³/mol. The Kier molecular flexibility index (Phi) is 4.40. The van der Waals surface area contributed by atoms with Crippen molar-refractivity contribution in [2.24, 2.45) is 0 Å². The van der Waals surface area contributed by atoms with E-state index in [4.69, 9.17) is 9.84 Å². The topological polar surface area (TPSA) is 98.1 Å². The summed E-state index contributed by atoms with van der Waals surface area (Å²) in [6, 6.07) is 3.26. The van der Waals surface area contributed by atoms with Crippen molar-refractivity contribution in [1.82, 2.24) is 24.7 Å². The van der Waals surface area contributed by atoms with Crippen molar-refractivity contribution in [1.29, 1.82) is 0 Å². The number of anilines is 2. The number of amides is 1. The molecule has 0 saturated carbocycles. The first kappa shape index (κ1) is 19.7. The Morgan fingerprint density at radius 2 is 1.97 bits per heavy atom. The van der Waals surface area contributed by atoms with Crippen molar-refractivity contribution in [3.05, 3.63) is 29.8 Å². The van der Waals surface area contributed by atoms with Crippen molar-refractivity contribution in [3.8, 4) is 5.82 Å². The van der Waals surface area contributed by atoms with Gasteiger partial charge in [-0.15, -0.1) is 5.10 Å². The summed E-state index contributed by atoms with van der Waals surface area (Å²) in [6.07, 6.45) is 2.98. The molecule has 9 nitrogen and oxygen atoms in total. The molecule has 0 aromatic carbocycles. The number of aromatic nitrogens is 5. The number of hydrogen-bond acceptors (Lipinski definition) is 7. The second-order valence-corrected chi connectivity index (χ2v) is 8.10. The largest absolute Gasteiger partial charge is 0.371 e. The molecule has 6 heterocycles. The van der Waals surface area contributed by atoms with Crippen LogP contribution in [-0.4, -0.2) is 55.9 Å². The molecule has 3 saturated heterocycles. The number of pyridine rings is 1. The smallest absolute Gasteiger partial charge is 0.303 e. The van der Waals surface area contributed by atoms with E-state index in [2.05, 4.69) is 25.2 Å². The Labute approximate surface area is 176 Å². The minimum absolute atomic E-state index is 0.164. The molecule has 3 aromatic heterocycles. The molecular formula is C20H21F2N7O2. The van der Waals surface area contributed by atoms with Gasteiger partial charge in [-0.3, -0.25) is 4.79 Å². The molecule has 2 unspecified atom stereocenters. The summed E-state index contributed by atoms with van der Waals surface area (Å²) >= 11 is 0. The third-order valence-electron chi connectivity index (χ3n) is 5.36. The number of aryl methyl sites for hydroxylation is 1. The maximum atomic E-state index is 14.0. The fourth-order valence-electron chi connectivity index (χ4n) is 4.04. The summed E-state index contributed by atoms with van der Waals surface area (Å²) in [4.78, 5) is 25.9. The van der Waals surface area contributed by atoms with Crippen LogP contribution in [0.3, 0.4) is 0 Å². The number of fused-ring (bicyclic) bond motifs is 3. The molecule has 3 aliphatic heterocycles.